The molecule has 1 heterocycles. The van der Waals surface area contributed by atoms with Gasteiger partial charge in [-0.25, -0.2) is 4.98 Å². The molecule has 0 saturated heterocycles. The monoisotopic (exact) mass is 440 g/mol. The van der Waals surface area contributed by atoms with Crippen molar-refractivity contribution in [3.05, 3.63) is 83.4 Å². The highest BCUT2D eigenvalue weighted by molar-refractivity contribution is 7.17. The fourth-order valence-corrected chi connectivity index (χ4v) is 3.40. The summed E-state index contributed by atoms with van der Waals surface area (Å²) in [5.41, 5.74) is 3.58. The van der Waals surface area contributed by atoms with Crippen molar-refractivity contribution in [1.29, 1.82) is 0 Å². The summed E-state index contributed by atoms with van der Waals surface area (Å²) in [7, 11) is 0. The number of hydrogen-bond acceptors (Lipinski definition) is 6. The number of azo groups is 1. The van der Waals surface area contributed by atoms with Crippen LogP contribution in [0.3, 0.4) is 0 Å². The second-order valence-electron chi connectivity index (χ2n) is 6.64. The third-order valence-electron chi connectivity index (χ3n) is 4.43. The summed E-state index contributed by atoms with van der Waals surface area (Å²) in [4.78, 5) is 17.5. The summed E-state index contributed by atoms with van der Waals surface area (Å²) in [6, 6.07) is 8.13. The van der Waals surface area contributed by atoms with Crippen LogP contribution in [0.5, 0.6) is 0 Å². The Morgan fingerprint density at radius 3 is 2.53 bits per heavy atom. The lowest BCUT2D eigenvalue weighted by Crippen LogP contribution is -2.33. The summed E-state index contributed by atoms with van der Waals surface area (Å²) in [6.07, 6.45) is 7.25. The minimum Gasteiger partial charge on any atom is -0.365 e. The van der Waals surface area contributed by atoms with Crippen LogP contribution >= 0.6 is 22.9 Å². The van der Waals surface area contributed by atoms with Crippen LogP contribution in [-0.4, -0.2) is 23.9 Å². The molecule has 1 unspecified atom stereocenters. The average molecular weight is 441 g/mol. The minimum atomic E-state index is 0.148. The SMILES string of the molecule is C=CC(=C)C=CC(=C)CN(c1ccc(N=Nc2nc(Cl)c(C=O)s2)cc1)C(C)CC. The Hall–Kier alpha value is -2.83. The number of hydrogen-bond donors (Lipinski definition) is 0. The molecule has 156 valence electrons. The van der Waals surface area contributed by atoms with Gasteiger partial charge in [0.05, 0.1) is 5.69 Å². The lowest BCUT2D eigenvalue weighted by molar-refractivity contribution is 0.112. The van der Waals surface area contributed by atoms with Crippen LogP contribution in [0.1, 0.15) is 29.9 Å². The maximum atomic E-state index is 10.9. The first kappa shape index (κ1) is 23.4. The van der Waals surface area contributed by atoms with E-state index in [1.165, 1.54) is 0 Å². The topological polar surface area (TPSA) is 57.9 Å². The van der Waals surface area contributed by atoms with E-state index in [1.54, 1.807) is 6.08 Å². The number of thiazole rings is 1. The molecule has 1 atom stereocenters. The predicted octanol–water partition coefficient (Wildman–Crippen LogP) is 7.48. The summed E-state index contributed by atoms with van der Waals surface area (Å²) >= 11 is 6.95. The van der Waals surface area contributed by atoms with Gasteiger partial charge in [-0.05, 0) is 48.8 Å². The number of carbonyl (C=O) groups is 1. The number of rotatable bonds is 11. The normalized spacial score (nSPS) is 12.2. The molecule has 0 aliphatic heterocycles. The fourth-order valence-electron chi connectivity index (χ4n) is 2.52. The molecule has 7 heteroatoms. The van der Waals surface area contributed by atoms with Crippen molar-refractivity contribution in [3.8, 4) is 0 Å². The smallest absolute Gasteiger partial charge is 0.232 e. The van der Waals surface area contributed by atoms with E-state index >= 15 is 0 Å². The second-order valence-corrected chi connectivity index (χ2v) is 8.01. The molecule has 0 amide bonds. The van der Waals surface area contributed by atoms with E-state index < -0.39 is 0 Å². The Kier molecular flexibility index (Phi) is 8.89. The molecule has 2 aromatic rings. The van der Waals surface area contributed by atoms with E-state index in [4.69, 9.17) is 11.6 Å². The zero-order chi connectivity index (χ0) is 22.1. The maximum absolute atomic E-state index is 10.9. The quantitative estimate of drug-likeness (QED) is 0.206. The molecule has 0 radical (unpaired) electrons. The van der Waals surface area contributed by atoms with E-state index in [0.717, 1.165) is 34.6 Å². The lowest BCUT2D eigenvalue weighted by atomic mass is 10.1. The number of aldehydes is 1. The molecule has 0 fully saturated rings. The third-order valence-corrected chi connectivity index (χ3v) is 5.69. The van der Waals surface area contributed by atoms with Crippen LogP contribution in [0.2, 0.25) is 5.15 Å². The van der Waals surface area contributed by atoms with E-state index in [9.17, 15) is 4.79 Å². The highest BCUT2D eigenvalue weighted by atomic mass is 35.5. The highest BCUT2D eigenvalue weighted by Crippen LogP contribution is 2.29. The number of nitrogens with zero attached hydrogens (tertiary/aromatic N) is 4. The standard InChI is InChI=1S/C23H25ClN4OS/c1-6-16(3)8-9-17(4)14-28(18(5)7-2)20-12-10-19(11-13-20)26-27-23-25-22(24)21(15-29)30-23/h6,8-13,15,18H,1,3-4,7,14H2,2,5H3. The molecule has 0 bridgehead atoms. The lowest BCUT2D eigenvalue weighted by Gasteiger charge is -2.31. The van der Waals surface area contributed by atoms with Crippen LogP contribution in [0.4, 0.5) is 16.5 Å². The van der Waals surface area contributed by atoms with E-state index in [0.29, 0.717) is 34.6 Å². The van der Waals surface area contributed by atoms with Gasteiger partial charge in [-0.1, -0.05) is 67.8 Å². The van der Waals surface area contributed by atoms with Crippen molar-refractivity contribution < 1.29 is 4.79 Å². The molecule has 0 aliphatic rings. The first-order chi connectivity index (χ1) is 14.4. The largest absolute Gasteiger partial charge is 0.365 e. The molecule has 30 heavy (non-hydrogen) atoms. The zero-order valence-corrected chi connectivity index (χ0v) is 18.8. The van der Waals surface area contributed by atoms with Crippen LogP contribution in [0.15, 0.2) is 83.6 Å². The van der Waals surface area contributed by atoms with Gasteiger partial charge in [0.2, 0.25) is 5.13 Å². The van der Waals surface area contributed by atoms with Gasteiger partial charge in [0.1, 0.15) is 4.88 Å². The van der Waals surface area contributed by atoms with Gasteiger partial charge < -0.3 is 4.90 Å². The molecule has 0 saturated carbocycles. The molecule has 5 nitrogen and oxygen atoms in total. The Balaban J connectivity index is 2.14. The van der Waals surface area contributed by atoms with Gasteiger partial charge in [-0.3, -0.25) is 4.79 Å². The highest BCUT2D eigenvalue weighted by Gasteiger charge is 2.13. The second kappa shape index (κ2) is 11.4. The van der Waals surface area contributed by atoms with Gasteiger partial charge >= 0.3 is 0 Å². The van der Waals surface area contributed by atoms with Gasteiger partial charge in [0, 0.05) is 18.3 Å². The van der Waals surface area contributed by atoms with Crippen molar-refractivity contribution in [1.82, 2.24) is 4.98 Å². The Morgan fingerprint density at radius 2 is 1.97 bits per heavy atom. The fraction of sp³-hybridized carbons (Fsp3) is 0.217. The van der Waals surface area contributed by atoms with Gasteiger partial charge in [-0.15, -0.1) is 10.2 Å². The summed E-state index contributed by atoms with van der Waals surface area (Å²) in [6.45, 7) is 16.8. The number of benzene rings is 1. The van der Waals surface area contributed by atoms with Crippen LogP contribution < -0.4 is 4.90 Å². The first-order valence-corrected chi connectivity index (χ1v) is 10.6. The summed E-state index contributed by atoms with van der Waals surface area (Å²) in [5, 5.41) is 8.74. The molecule has 2 rings (SSSR count). The van der Waals surface area contributed by atoms with E-state index in [2.05, 4.69) is 53.7 Å². The Bertz CT molecular complexity index is 976. The first-order valence-electron chi connectivity index (χ1n) is 9.45. The van der Waals surface area contributed by atoms with Crippen molar-refractivity contribution in [2.75, 3.05) is 11.4 Å². The van der Waals surface area contributed by atoms with Crippen molar-refractivity contribution >= 4 is 45.7 Å². The van der Waals surface area contributed by atoms with Gasteiger partial charge in [-0.2, -0.15) is 0 Å². The average Bonchev–Trinajstić information content (AvgIpc) is 3.13. The molecule has 0 aliphatic carbocycles. The van der Waals surface area contributed by atoms with Crippen molar-refractivity contribution in [2.24, 2.45) is 10.2 Å². The summed E-state index contributed by atoms with van der Waals surface area (Å²) < 4.78 is 0. The van der Waals surface area contributed by atoms with E-state index in [1.807, 2.05) is 36.4 Å². The van der Waals surface area contributed by atoms with E-state index in [-0.39, 0.29) is 5.15 Å². The predicted molar refractivity (Wildman–Crippen MR) is 128 cm³/mol. The number of aromatic nitrogens is 1. The maximum Gasteiger partial charge on any atom is 0.232 e. The zero-order valence-electron chi connectivity index (χ0n) is 17.2. The molecule has 1 aromatic carbocycles. The minimum absolute atomic E-state index is 0.148. The Morgan fingerprint density at radius 1 is 1.27 bits per heavy atom. The number of halogens is 1. The van der Waals surface area contributed by atoms with Crippen LogP contribution in [0.25, 0.3) is 0 Å². The van der Waals surface area contributed by atoms with Crippen LogP contribution in [0, 0.1) is 0 Å². The number of anilines is 1. The molecular weight excluding hydrogens is 416 g/mol. The van der Waals surface area contributed by atoms with Crippen LogP contribution in [-0.2, 0) is 0 Å². The Labute approximate surface area is 186 Å². The van der Waals surface area contributed by atoms with Gasteiger partial charge in [0.25, 0.3) is 0 Å². The van der Waals surface area contributed by atoms with Gasteiger partial charge in [0.15, 0.2) is 11.4 Å². The van der Waals surface area contributed by atoms with Crippen molar-refractivity contribution in [2.45, 2.75) is 26.3 Å². The molecular formula is C23H25ClN4OS. The molecule has 0 spiro atoms. The molecule has 0 N–H and O–H groups in total. The number of allylic oxidation sites excluding steroid dienone is 3. The number of carbonyl (C=O) groups excluding carboxylic acids is 1. The van der Waals surface area contributed by atoms with Crippen molar-refractivity contribution in [3.63, 3.8) is 0 Å². The molecule has 1 aromatic heterocycles. The summed E-state index contributed by atoms with van der Waals surface area (Å²) in [5.74, 6) is 0. The third kappa shape index (κ3) is 6.61.